The van der Waals surface area contributed by atoms with Crippen molar-refractivity contribution in [2.24, 2.45) is 0 Å². The lowest BCUT2D eigenvalue weighted by molar-refractivity contribution is 0.0376. The lowest BCUT2D eigenvalue weighted by atomic mass is 10.3. The first-order valence-corrected chi connectivity index (χ1v) is 5.23. The van der Waals surface area contributed by atoms with E-state index in [-0.39, 0.29) is 6.61 Å². The van der Waals surface area contributed by atoms with Crippen LogP contribution in [0, 0.1) is 0 Å². The lowest BCUT2D eigenvalue weighted by Gasteiger charge is -2.25. The molecular weight excluding hydrogens is 196 g/mol. The van der Waals surface area contributed by atoms with Crippen LogP contribution in [-0.2, 0) is 17.8 Å². The highest BCUT2D eigenvalue weighted by Gasteiger charge is 2.11. The molecule has 1 aromatic heterocycles. The van der Waals surface area contributed by atoms with Gasteiger partial charge in [-0.3, -0.25) is 4.90 Å². The van der Waals surface area contributed by atoms with E-state index in [1.165, 1.54) is 0 Å². The van der Waals surface area contributed by atoms with Crippen LogP contribution in [0.2, 0.25) is 0 Å². The molecule has 0 saturated carbocycles. The molecule has 0 spiro atoms. The maximum absolute atomic E-state index is 8.81. The summed E-state index contributed by atoms with van der Waals surface area (Å²) in [5, 5.41) is 8.81. The Morgan fingerprint density at radius 1 is 1.40 bits per heavy atom. The Morgan fingerprint density at radius 3 is 2.87 bits per heavy atom. The quantitative estimate of drug-likeness (QED) is 0.763. The first-order chi connectivity index (χ1) is 7.38. The molecule has 5 heteroatoms. The predicted molar refractivity (Wildman–Crippen MR) is 53.4 cm³/mol. The Balaban J connectivity index is 1.76. The number of hydrogen-bond acceptors (Lipinski definition) is 5. The standard InChI is InChI=1S/C10H16N2O3/c13-8-9-7-11-10(15-9)1-2-12-3-5-14-6-4-12/h7,13H,1-6,8H2. The van der Waals surface area contributed by atoms with Gasteiger partial charge in [-0.15, -0.1) is 0 Å². The zero-order valence-electron chi connectivity index (χ0n) is 8.69. The van der Waals surface area contributed by atoms with Gasteiger partial charge in [-0.25, -0.2) is 4.98 Å². The zero-order chi connectivity index (χ0) is 10.5. The van der Waals surface area contributed by atoms with E-state index in [2.05, 4.69) is 9.88 Å². The molecule has 1 fully saturated rings. The number of oxazole rings is 1. The van der Waals surface area contributed by atoms with E-state index in [0.29, 0.717) is 11.7 Å². The van der Waals surface area contributed by atoms with Crippen LogP contribution in [-0.4, -0.2) is 47.8 Å². The molecule has 1 saturated heterocycles. The van der Waals surface area contributed by atoms with Crippen molar-refractivity contribution in [3.8, 4) is 0 Å². The molecule has 5 nitrogen and oxygen atoms in total. The van der Waals surface area contributed by atoms with E-state index in [9.17, 15) is 0 Å². The number of morpholine rings is 1. The molecule has 15 heavy (non-hydrogen) atoms. The van der Waals surface area contributed by atoms with Crippen LogP contribution >= 0.6 is 0 Å². The van der Waals surface area contributed by atoms with Gasteiger partial charge in [0.2, 0.25) is 0 Å². The van der Waals surface area contributed by atoms with Gasteiger partial charge in [0.1, 0.15) is 12.4 Å². The molecular formula is C10H16N2O3. The zero-order valence-corrected chi connectivity index (χ0v) is 8.69. The Kier molecular flexibility index (Phi) is 3.71. The minimum absolute atomic E-state index is 0.0788. The van der Waals surface area contributed by atoms with Gasteiger partial charge >= 0.3 is 0 Å². The molecule has 1 aliphatic heterocycles. The van der Waals surface area contributed by atoms with Crippen molar-refractivity contribution in [1.82, 2.24) is 9.88 Å². The summed E-state index contributed by atoms with van der Waals surface area (Å²) in [6, 6.07) is 0. The fourth-order valence-corrected chi connectivity index (χ4v) is 1.62. The summed E-state index contributed by atoms with van der Waals surface area (Å²) in [6.07, 6.45) is 2.37. The fourth-order valence-electron chi connectivity index (χ4n) is 1.62. The lowest BCUT2D eigenvalue weighted by Crippen LogP contribution is -2.37. The number of aliphatic hydroxyl groups is 1. The molecule has 1 aliphatic rings. The molecule has 0 aromatic carbocycles. The van der Waals surface area contributed by atoms with Gasteiger partial charge in [0, 0.05) is 26.1 Å². The minimum Gasteiger partial charge on any atom is -0.443 e. The average Bonchev–Trinajstić information content (AvgIpc) is 2.76. The monoisotopic (exact) mass is 212 g/mol. The summed E-state index contributed by atoms with van der Waals surface area (Å²) >= 11 is 0. The molecule has 1 N–H and O–H groups in total. The molecule has 0 unspecified atom stereocenters. The van der Waals surface area contributed by atoms with E-state index < -0.39 is 0 Å². The topological polar surface area (TPSA) is 58.7 Å². The summed E-state index contributed by atoms with van der Waals surface area (Å²) in [5.41, 5.74) is 0. The second-order valence-corrected chi connectivity index (χ2v) is 3.58. The molecule has 84 valence electrons. The maximum Gasteiger partial charge on any atom is 0.195 e. The second-order valence-electron chi connectivity index (χ2n) is 3.58. The largest absolute Gasteiger partial charge is 0.443 e. The van der Waals surface area contributed by atoms with E-state index in [4.69, 9.17) is 14.3 Å². The third kappa shape index (κ3) is 3.02. The summed E-state index contributed by atoms with van der Waals surface area (Å²) < 4.78 is 10.6. The van der Waals surface area contributed by atoms with Crippen molar-refractivity contribution in [2.75, 3.05) is 32.8 Å². The summed E-state index contributed by atoms with van der Waals surface area (Å²) in [7, 11) is 0. The van der Waals surface area contributed by atoms with Gasteiger partial charge in [-0.2, -0.15) is 0 Å². The summed E-state index contributed by atoms with van der Waals surface area (Å²) in [5.74, 6) is 1.23. The molecule has 0 aliphatic carbocycles. The normalized spacial score (nSPS) is 18.2. The first kappa shape index (κ1) is 10.6. The Labute approximate surface area is 88.7 Å². The predicted octanol–water partition coefficient (Wildman–Crippen LogP) is 0.0416. The van der Waals surface area contributed by atoms with E-state index in [0.717, 1.165) is 39.3 Å². The van der Waals surface area contributed by atoms with Crippen LogP contribution in [0.3, 0.4) is 0 Å². The SMILES string of the molecule is OCc1cnc(CCN2CCOCC2)o1. The average molecular weight is 212 g/mol. The highest BCUT2D eigenvalue weighted by Crippen LogP contribution is 2.05. The first-order valence-electron chi connectivity index (χ1n) is 5.23. The third-order valence-electron chi connectivity index (χ3n) is 2.50. The molecule has 0 bridgehead atoms. The van der Waals surface area contributed by atoms with Gasteiger partial charge < -0.3 is 14.3 Å². The minimum atomic E-state index is -0.0788. The van der Waals surface area contributed by atoms with Crippen LogP contribution in [0.1, 0.15) is 11.7 Å². The molecule has 2 heterocycles. The second kappa shape index (κ2) is 5.25. The van der Waals surface area contributed by atoms with Gasteiger partial charge in [0.15, 0.2) is 5.89 Å². The van der Waals surface area contributed by atoms with Crippen molar-refractivity contribution < 1.29 is 14.3 Å². The fraction of sp³-hybridized carbons (Fsp3) is 0.700. The highest BCUT2D eigenvalue weighted by molar-refractivity contribution is 4.92. The number of ether oxygens (including phenoxy) is 1. The Morgan fingerprint density at radius 2 is 2.20 bits per heavy atom. The van der Waals surface area contributed by atoms with Crippen LogP contribution in [0.5, 0.6) is 0 Å². The van der Waals surface area contributed by atoms with Crippen LogP contribution < -0.4 is 0 Å². The smallest absolute Gasteiger partial charge is 0.195 e. The molecule has 0 radical (unpaired) electrons. The van der Waals surface area contributed by atoms with E-state index in [1.54, 1.807) is 6.20 Å². The van der Waals surface area contributed by atoms with Crippen molar-refractivity contribution in [3.63, 3.8) is 0 Å². The third-order valence-corrected chi connectivity index (χ3v) is 2.50. The number of rotatable bonds is 4. The molecule has 1 aromatic rings. The summed E-state index contributed by atoms with van der Waals surface area (Å²) in [6.45, 7) is 4.45. The Bertz CT molecular complexity index is 295. The van der Waals surface area contributed by atoms with Gasteiger partial charge in [-0.1, -0.05) is 0 Å². The van der Waals surface area contributed by atoms with E-state index >= 15 is 0 Å². The van der Waals surface area contributed by atoms with Crippen molar-refractivity contribution in [2.45, 2.75) is 13.0 Å². The van der Waals surface area contributed by atoms with E-state index in [1.807, 2.05) is 0 Å². The number of hydrogen-bond donors (Lipinski definition) is 1. The maximum atomic E-state index is 8.81. The molecule has 2 rings (SSSR count). The van der Waals surface area contributed by atoms with Gasteiger partial charge in [0.05, 0.1) is 19.4 Å². The summed E-state index contributed by atoms with van der Waals surface area (Å²) in [4.78, 5) is 6.41. The Hall–Kier alpha value is -0.910. The van der Waals surface area contributed by atoms with Crippen LogP contribution in [0.4, 0.5) is 0 Å². The van der Waals surface area contributed by atoms with Crippen molar-refractivity contribution in [3.05, 3.63) is 17.8 Å². The van der Waals surface area contributed by atoms with Gasteiger partial charge in [0.25, 0.3) is 0 Å². The molecule has 0 amide bonds. The molecule has 0 atom stereocenters. The van der Waals surface area contributed by atoms with Crippen molar-refractivity contribution in [1.29, 1.82) is 0 Å². The number of nitrogens with zero attached hydrogens (tertiary/aromatic N) is 2. The highest BCUT2D eigenvalue weighted by atomic mass is 16.5. The number of aromatic nitrogens is 1. The van der Waals surface area contributed by atoms with Crippen molar-refractivity contribution >= 4 is 0 Å². The number of aliphatic hydroxyl groups excluding tert-OH is 1. The van der Waals surface area contributed by atoms with Crippen LogP contribution in [0.15, 0.2) is 10.6 Å². The van der Waals surface area contributed by atoms with Crippen LogP contribution in [0.25, 0.3) is 0 Å². The van der Waals surface area contributed by atoms with Gasteiger partial charge in [-0.05, 0) is 0 Å².